The third kappa shape index (κ3) is 4.55. The van der Waals surface area contributed by atoms with Crippen molar-refractivity contribution in [3.05, 3.63) is 0 Å². The van der Waals surface area contributed by atoms with Crippen LogP contribution in [0.15, 0.2) is 0 Å². The van der Waals surface area contributed by atoms with Gasteiger partial charge in [-0.2, -0.15) is 0 Å². The summed E-state index contributed by atoms with van der Waals surface area (Å²) in [5.41, 5.74) is -0.494. The third-order valence-electron chi connectivity index (χ3n) is 2.94. The van der Waals surface area contributed by atoms with Crippen molar-refractivity contribution in [2.24, 2.45) is 5.92 Å². The quantitative estimate of drug-likeness (QED) is 0.778. The second-order valence-corrected chi connectivity index (χ2v) is 5.73. The van der Waals surface area contributed by atoms with Gasteiger partial charge in [-0.05, 0) is 33.6 Å². The van der Waals surface area contributed by atoms with Gasteiger partial charge in [-0.15, -0.1) is 0 Å². The fraction of sp³-hybridized carbons (Fsp3) is 0.846. The maximum atomic E-state index is 12.0. The molecular formula is C13H24N2O3. The minimum absolute atomic E-state index is 0.00505. The molecule has 1 unspecified atom stereocenters. The highest BCUT2D eigenvalue weighted by atomic mass is 16.6. The molecule has 0 aromatic rings. The molecule has 18 heavy (non-hydrogen) atoms. The molecule has 1 heterocycles. The summed E-state index contributed by atoms with van der Waals surface area (Å²) in [6.45, 7) is 6.66. The highest BCUT2D eigenvalue weighted by molar-refractivity contribution is 5.79. The van der Waals surface area contributed by atoms with Crippen molar-refractivity contribution in [2.75, 3.05) is 20.1 Å². The maximum Gasteiger partial charge on any atom is 0.410 e. The molecular weight excluding hydrogens is 232 g/mol. The average Bonchev–Trinajstić information content (AvgIpc) is 2.51. The van der Waals surface area contributed by atoms with Crippen LogP contribution in [0.5, 0.6) is 0 Å². The Morgan fingerprint density at radius 2 is 1.94 bits per heavy atom. The van der Waals surface area contributed by atoms with Crippen LogP contribution in [0.3, 0.4) is 0 Å². The molecule has 1 N–H and O–H groups in total. The molecule has 1 aliphatic heterocycles. The van der Waals surface area contributed by atoms with Gasteiger partial charge >= 0.3 is 6.09 Å². The van der Waals surface area contributed by atoms with Crippen molar-refractivity contribution in [2.45, 2.75) is 45.6 Å². The van der Waals surface area contributed by atoms with E-state index in [9.17, 15) is 9.59 Å². The first kappa shape index (κ1) is 14.8. The van der Waals surface area contributed by atoms with Crippen LogP contribution in [0.1, 0.15) is 40.0 Å². The molecule has 1 rings (SSSR count). The van der Waals surface area contributed by atoms with Crippen LogP contribution >= 0.6 is 0 Å². The summed E-state index contributed by atoms with van der Waals surface area (Å²) in [6.07, 6.45) is 2.40. The van der Waals surface area contributed by atoms with Gasteiger partial charge in [0.1, 0.15) is 5.60 Å². The number of carbonyl (C=O) groups excluding carboxylic acids is 2. The summed E-state index contributed by atoms with van der Waals surface area (Å²) in [7, 11) is 1.63. The normalized spacial score (nSPS) is 21.1. The molecule has 1 saturated heterocycles. The minimum atomic E-state index is -0.494. The van der Waals surface area contributed by atoms with E-state index in [1.165, 1.54) is 0 Å². The van der Waals surface area contributed by atoms with Crippen LogP contribution in [-0.2, 0) is 9.53 Å². The molecule has 1 fully saturated rings. The van der Waals surface area contributed by atoms with E-state index in [2.05, 4.69) is 5.32 Å². The molecule has 0 radical (unpaired) electrons. The predicted molar refractivity (Wildman–Crippen MR) is 69.2 cm³/mol. The van der Waals surface area contributed by atoms with Crippen molar-refractivity contribution in [3.63, 3.8) is 0 Å². The molecule has 104 valence electrons. The summed E-state index contributed by atoms with van der Waals surface area (Å²) >= 11 is 0. The molecule has 0 aromatic heterocycles. The molecule has 0 aromatic carbocycles. The zero-order chi connectivity index (χ0) is 13.8. The smallest absolute Gasteiger partial charge is 0.410 e. The molecule has 0 bridgehead atoms. The van der Waals surface area contributed by atoms with Gasteiger partial charge in [0.25, 0.3) is 0 Å². The third-order valence-corrected chi connectivity index (χ3v) is 2.94. The van der Waals surface area contributed by atoms with Crippen molar-refractivity contribution in [3.8, 4) is 0 Å². The van der Waals surface area contributed by atoms with Crippen LogP contribution < -0.4 is 5.32 Å². The highest BCUT2D eigenvalue weighted by Crippen LogP contribution is 2.19. The van der Waals surface area contributed by atoms with E-state index in [-0.39, 0.29) is 17.9 Å². The topological polar surface area (TPSA) is 58.6 Å². The second-order valence-electron chi connectivity index (χ2n) is 5.73. The fourth-order valence-electron chi connectivity index (χ4n) is 2.05. The van der Waals surface area contributed by atoms with Crippen molar-refractivity contribution in [1.29, 1.82) is 0 Å². The Morgan fingerprint density at radius 1 is 1.28 bits per heavy atom. The van der Waals surface area contributed by atoms with Crippen LogP contribution in [0.25, 0.3) is 0 Å². The van der Waals surface area contributed by atoms with E-state index >= 15 is 0 Å². The van der Waals surface area contributed by atoms with Crippen molar-refractivity contribution < 1.29 is 14.3 Å². The van der Waals surface area contributed by atoms with Gasteiger partial charge in [0, 0.05) is 20.1 Å². The molecule has 1 atom stereocenters. The van der Waals surface area contributed by atoms with Gasteiger partial charge in [0.15, 0.2) is 0 Å². The van der Waals surface area contributed by atoms with E-state index in [4.69, 9.17) is 4.74 Å². The van der Waals surface area contributed by atoms with E-state index in [1.54, 1.807) is 11.9 Å². The molecule has 0 spiro atoms. The molecule has 0 saturated carbocycles. The number of nitrogens with zero attached hydrogens (tertiary/aromatic N) is 1. The average molecular weight is 256 g/mol. The Balaban J connectivity index is 2.64. The summed E-state index contributed by atoms with van der Waals surface area (Å²) in [4.78, 5) is 25.3. The number of likely N-dealkylation sites (tertiary alicyclic amines) is 1. The summed E-state index contributed by atoms with van der Waals surface area (Å²) in [5, 5.41) is 2.65. The summed E-state index contributed by atoms with van der Waals surface area (Å²) in [6, 6.07) is 0. The number of ether oxygens (including phenoxy) is 1. The number of nitrogens with one attached hydrogen (secondary N) is 1. The van der Waals surface area contributed by atoms with Gasteiger partial charge < -0.3 is 15.0 Å². The second kappa shape index (κ2) is 6.07. The lowest BCUT2D eigenvalue weighted by Crippen LogP contribution is -2.42. The molecule has 1 aliphatic rings. The largest absolute Gasteiger partial charge is 0.444 e. The lowest BCUT2D eigenvalue weighted by Gasteiger charge is -2.27. The van der Waals surface area contributed by atoms with Crippen LogP contribution in [-0.4, -0.2) is 42.6 Å². The van der Waals surface area contributed by atoms with E-state index in [0.717, 1.165) is 19.3 Å². The van der Waals surface area contributed by atoms with Crippen molar-refractivity contribution >= 4 is 12.0 Å². The fourth-order valence-corrected chi connectivity index (χ4v) is 2.05. The Hall–Kier alpha value is -1.26. The molecule has 5 nitrogen and oxygen atoms in total. The Morgan fingerprint density at radius 3 is 2.50 bits per heavy atom. The van der Waals surface area contributed by atoms with Crippen LogP contribution in [0.2, 0.25) is 0 Å². The zero-order valence-electron chi connectivity index (χ0n) is 11.8. The molecule has 0 aliphatic carbocycles. The SMILES string of the molecule is CNC(=O)C1CCCCN(C(=O)OC(C)(C)C)C1. The van der Waals surface area contributed by atoms with Crippen molar-refractivity contribution in [1.82, 2.24) is 10.2 Å². The number of rotatable bonds is 1. The highest BCUT2D eigenvalue weighted by Gasteiger charge is 2.28. The number of amides is 2. The van der Waals surface area contributed by atoms with Gasteiger partial charge in [-0.25, -0.2) is 4.79 Å². The summed E-state index contributed by atoms with van der Waals surface area (Å²) in [5.74, 6) is -0.115. The molecule has 5 heteroatoms. The minimum Gasteiger partial charge on any atom is -0.444 e. The first-order valence-electron chi connectivity index (χ1n) is 6.53. The standard InChI is InChI=1S/C13H24N2O3/c1-13(2,3)18-12(17)15-8-6-5-7-10(9-15)11(16)14-4/h10H,5-9H2,1-4H3,(H,14,16). The van der Waals surface area contributed by atoms with Crippen LogP contribution in [0.4, 0.5) is 4.79 Å². The summed E-state index contributed by atoms with van der Waals surface area (Å²) < 4.78 is 5.35. The first-order valence-corrected chi connectivity index (χ1v) is 6.53. The molecule has 2 amide bonds. The number of hydrogen-bond acceptors (Lipinski definition) is 3. The Labute approximate surface area is 109 Å². The Bertz CT molecular complexity index is 310. The first-order chi connectivity index (χ1) is 8.33. The lowest BCUT2D eigenvalue weighted by molar-refractivity contribution is -0.125. The Kier molecular flexibility index (Phi) is 4.99. The lowest BCUT2D eigenvalue weighted by atomic mass is 10.0. The van der Waals surface area contributed by atoms with E-state index in [1.807, 2.05) is 20.8 Å². The maximum absolute atomic E-state index is 12.0. The number of hydrogen-bond donors (Lipinski definition) is 1. The van der Waals surface area contributed by atoms with E-state index in [0.29, 0.717) is 13.1 Å². The monoisotopic (exact) mass is 256 g/mol. The van der Waals surface area contributed by atoms with Gasteiger partial charge in [0.2, 0.25) is 5.91 Å². The van der Waals surface area contributed by atoms with Gasteiger partial charge in [-0.3, -0.25) is 4.79 Å². The van der Waals surface area contributed by atoms with Crippen LogP contribution in [0, 0.1) is 5.92 Å². The zero-order valence-corrected chi connectivity index (χ0v) is 11.8. The number of carbonyl (C=O) groups is 2. The van der Waals surface area contributed by atoms with E-state index < -0.39 is 5.60 Å². The predicted octanol–water partition coefficient (Wildman–Crippen LogP) is 1.77. The van der Waals surface area contributed by atoms with Gasteiger partial charge in [0.05, 0.1) is 5.92 Å². The van der Waals surface area contributed by atoms with Gasteiger partial charge in [-0.1, -0.05) is 6.42 Å².